The number of nitrogens with one attached hydrogen (secondary N) is 1. The minimum Gasteiger partial charge on any atom is -0.385 e. The standard InChI is InChI=1S/C18H28N2O2/c1-22-14-6-5-13-20(15-16-7-3-2-4-8-16)18(21)17-9-11-19-12-10-17/h2-4,7-8,17,19H,5-6,9-15H2,1H3. The van der Waals surface area contributed by atoms with E-state index in [-0.39, 0.29) is 5.92 Å². The molecule has 1 aromatic carbocycles. The number of benzene rings is 1. The Bertz CT molecular complexity index is 430. The van der Waals surface area contributed by atoms with E-state index in [0.717, 1.165) is 58.5 Å². The highest BCUT2D eigenvalue weighted by atomic mass is 16.5. The Morgan fingerprint density at radius 2 is 1.95 bits per heavy atom. The van der Waals surface area contributed by atoms with Gasteiger partial charge < -0.3 is 15.0 Å². The number of rotatable bonds is 8. The monoisotopic (exact) mass is 304 g/mol. The van der Waals surface area contributed by atoms with E-state index >= 15 is 0 Å². The number of unbranched alkanes of at least 4 members (excludes halogenated alkanes) is 1. The molecule has 1 fully saturated rings. The van der Waals surface area contributed by atoms with E-state index in [1.54, 1.807) is 7.11 Å². The molecule has 2 rings (SSSR count). The summed E-state index contributed by atoms with van der Waals surface area (Å²) in [4.78, 5) is 14.9. The van der Waals surface area contributed by atoms with Crippen LogP contribution in [0, 0.1) is 5.92 Å². The highest BCUT2D eigenvalue weighted by Crippen LogP contribution is 2.17. The predicted octanol–water partition coefficient (Wildman–Crippen LogP) is 2.44. The van der Waals surface area contributed by atoms with Gasteiger partial charge >= 0.3 is 0 Å². The van der Waals surface area contributed by atoms with Gasteiger partial charge in [-0.2, -0.15) is 0 Å². The van der Waals surface area contributed by atoms with Gasteiger partial charge in [0.25, 0.3) is 0 Å². The van der Waals surface area contributed by atoms with Gasteiger partial charge in [0.1, 0.15) is 0 Å². The number of methoxy groups -OCH3 is 1. The number of nitrogens with zero attached hydrogens (tertiary/aromatic N) is 1. The first kappa shape index (κ1) is 17.0. The molecule has 1 aromatic rings. The van der Waals surface area contributed by atoms with Crippen LogP contribution in [0.2, 0.25) is 0 Å². The molecule has 0 radical (unpaired) electrons. The highest BCUT2D eigenvalue weighted by Gasteiger charge is 2.25. The van der Waals surface area contributed by atoms with Crippen molar-refractivity contribution >= 4 is 5.91 Å². The summed E-state index contributed by atoms with van der Waals surface area (Å²) in [6, 6.07) is 10.3. The summed E-state index contributed by atoms with van der Waals surface area (Å²) in [7, 11) is 1.72. The molecule has 1 amide bonds. The number of ether oxygens (including phenoxy) is 1. The van der Waals surface area contributed by atoms with Gasteiger partial charge in [-0.3, -0.25) is 4.79 Å². The summed E-state index contributed by atoms with van der Waals surface area (Å²) >= 11 is 0. The van der Waals surface area contributed by atoms with Crippen molar-refractivity contribution in [2.45, 2.75) is 32.2 Å². The summed E-state index contributed by atoms with van der Waals surface area (Å²) in [6.07, 6.45) is 3.92. The first-order valence-electron chi connectivity index (χ1n) is 8.33. The molecule has 122 valence electrons. The van der Waals surface area contributed by atoms with E-state index < -0.39 is 0 Å². The second kappa shape index (κ2) is 9.59. The zero-order chi connectivity index (χ0) is 15.6. The Hall–Kier alpha value is -1.39. The first-order valence-corrected chi connectivity index (χ1v) is 8.33. The van der Waals surface area contributed by atoms with Crippen LogP contribution in [0.1, 0.15) is 31.2 Å². The molecule has 1 aliphatic rings. The van der Waals surface area contributed by atoms with Crippen molar-refractivity contribution in [1.82, 2.24) is 10.2 Å². The smallest absolute Gasteiger partial charge is 0.226 e. The van der Waals surface area contributed by atoms with Crippen molar-refractivity contribution in [2.75, 3.05) is 33.4 Å². The minimum atomic E-state index is 0.187. The lowest BCUT2D eigenvalue weighted by molar-refractivity contribution is -0.137. The molecule has 4 nitrogen and oxygen atoms in total. The number of amides is 1. The maximum absolute atomic E-state index is 12.8. The number of hydrogen-bond acceptors (Lipinski definition) is 3. The average molecular weight is 304 g/mol. The van der Waals surface area contributed by atoms with Gasteiger partial charge in [0.05, 0.1) is 0 Å². The Labute approximate surface area is 133 Å². The van der Waals surface area contributed by atoms with E-state index in [9.17, 15) is 4.79 Å². The lowest BCUT2D eigenvalue weighted by Crippen LogP contribution is -2.41. The SMILES string of the molecule is COCCCCN(Cc1ccccc1)C(=O)C1CCNCC1. The van der Waals surface area contributed by atoms with Gasteiger partial charge in [0.15, 0.2) is 0 Å². The molecule has 0 aromatic heterocycles. The Kier molecular flexibility index (Phi) is 7.40. The third-order valence-corrected chi connectivity index (χ3v) is 4.24. The van der Waals surface area contributed by atoms with Crippen LogP contribution in [0.5, 0.6) is 0 Å². The number of hydrogen-bond donors (Lipinski definition) is 1. The zero-order valence-electron chi connectivity index (χ0n) is 13.6. The molecule has 1 N–H and O–H groups in total. The van der Waals surface area contributed by atoms with Crippen molar-refractivity contribution in [3.63, 3.8) is 0 Å². The second-order valence-electron chi connectivity index (χ2n) is 5.97. The van der Waals surface area contributed by atoms with Gasteiger partial charge in [0.2, 0.25) is 5.91 Å². The van der Waals surface area contributed by atoms with Crippen molar-refractivity contribution in [3.8, 4) is 0 Å². The molecule has 0 bridgehead atoms. The van der Waals surface area contributed by atoms with E-state index in [2.05, 4.69) is 17.4 Å². The first-order chi connectivity index (χ1) is 10.8. The summed E-state index contributed by atoms with van der Waals surface area (Å²) < 4.78 is 5.11. The van der Waals surface area contributed by atoms with E-state index in [1.807, 2.05) is 23.1 Å². The quantitative estimate of drug-likeness (QED) is 0.750. The van der Waals surface area contributed by atoms with Crippen LogP contribution < -0.4 is 5.32 Å². The lowest BCUT2D eigenvalue weighted by Gasteiger charge is -2.30. The van der Waals surface area contributed by atoms with Crippen LogP contribution in [-0.2, 0) is 16.1 Å². The highest BCUT2D eigenvalue weighted by molar-refractivity contribution is 5.79. The van der Waals surface area contributed by atoms with Gasteiger partial charge in [-0.1, -0.05) is 30.3 Å². The normalized spacial score (nSPS) is 15.7. The van der Waals surface area contributed by atoms with Crippen LogP contribution in [-0.4, -0.2) is 44.2 Å². The van der Waals surface area contributed by atoms with Crippen molar-refractivity contribution < 1.29 is 9.53 Å². The van der Waals surface area contributed by atoms with E-state index in [1.165, 1.54) is 5.56 Å². The maximum Gasteiger partial charge on any atom is 0.226 e. The van der Waals surface area contributed by atoms with Crippen LogP contribution in [0.15, 0.2) is 30.3 Å². The van der Waals surface area contributed by atoms with Crippen LogP contribution in [0.4, 0.5) is 0 Å². The van der Waals surface area contributed by atoms with Crippen molar-refractivity contribution in [2.24, 2.45) is 5.92 Å². The molecule has 0 aliphatic carbocycles. The zero-order valence-corrected chi connectivity index (χ0v) is 13.6. The van der Waals surface area contributed by atoms with Crippen LogP contribution in [0.3, 0.4) is 0 Å². The average Bonchev–Trinajstić information content (AvgIpc) is 2.59. The molecule has 22 heavy (non-hydrogen) atoms. The van der Waals surface area contributed by atoms with Gasteiger partial charge in [-0.25, -0.2) is 0 Å². The fourth-order valence-electron chi connectivity index (χ4n) is 2.95. The van der Waals surface area contributed by atoms with Crippen molar-refractivity contribution in [3.05, 3.63) is 35.9 Å². The Morgan fingerprint density at radius 3 is 2.64 bits per heavy atom. The van der Waals surface area contributed by atoms with Gasteiger partial charge in [0, 0.05) is 32.7 Å². The molecule has 4 heteroatoms. The fraction of sp³-hybridized carbons (Fsp3) is 0.611. The molecule has 0 atom stereocenters. The summed E-state index contributed by atoms with van der Waals surface area (Å²) in [5.74, 6) is 0.509. The molecule has 0 spiro atoms. The molecule has 1 heterocycles. The fourth-order valence-corrected chi connectivity index (χ4v) is 2.95. The van der Waals surface area contributed by atoms with E-state index in [4.69, 9.17) is 4.74 Å². The minimum absolute atomic E-state index is 0.187. The summed E-state index contributed by atoms with van der Waals surface area (Å²) in [6.45, 7) is 4.22. The van der Waals surface area contributed by atoms with Gasteiger partial charge in [-0.05, 0) is 44.3 Å². The maximum atomic E-state index is 12.8. The van der Waals surface area contributed by atoms with Crippen molar-refractivity contribution in [1.29, 1.82) is 0 Å². The third-order valence-electron chi connectivity index (χ3n) is 4.24. The second-order valence-corrected chi connectivity index (χ2v) is 5.97. The lowest BCUT2D eigenvalue weighted by atomic mass is 9.96. The van der Waals surface area contributed by atoms with Crippen LogP contribution >= 0.6 is 0 Å². The molecule has 0 saturated carbocycles. The Morgan fingerprint density at radius 1 is 1.23 bits per heavy atom. The molecular formula is C18H28N2O2. The molecule has 1 aliphatic heterocycles. The van der Waals surface area contributed by atoms with Gasteiger partial charge in [-0.15, -0.1) is 0 Å². The third kappa shape index (κ3) is 5.43. The predicted molar refractivity (Wildman–Crippen MR) is 88.6 cm³/mol. The van der Waals surface area contributed by atoms with E-state index in [0.29, 0.717) is 5.91 Å². The Balaban J connectivity index is 1.94. The molecule has 0 unspecified atom stereocenters. The van der Waals surface area contributed by atoms with Crippen LogP contribution in [0.25, 0.3) is 0 Å². The number of piperidine rings is 1. The number of carbonyl (C=O) groups excluding carboxylic acids is 1. The molecule has 1 saturated heterocycles. The summed E-state index contributed by atoms with van der Waals surface area (Å²) in [5, 5.41) is 3.33. The largest absolute Gasteiger partial charge is 0.385 e. The number of carbonyl (C=O) groups is 1. The molecular weight excluding hydrogens is 276 g/mol. The summed E-state index contributed by atoms with van der Waals surface area (Å²) in [5.41, 5.74) is 1.21. The topological polar surface area (TPSA) is 41.6 Å².